The van der Waals surface area contributed by atoms with E-state index in [1.165, 1.54) is 0 Å². The van der Waals surface area contributed by atoms with Crippen molar-refractivity contribution in [3.63, 3.8) is 0 Å². The summed E-state index contributed by atoms with van der Waals surface area (Å²) in [7, 11) is 0. The van der Waals surface area contributed by atoms with Crippen LogP contribution in [-0.4, -0.2) is 59.6 Å². The minimum atomic E-state index is -0.534. The molecule has 8 heteroatoms. The zero-order valence-corrected chi connectivity index (χ0v) is 17.9. The molecule has 1 aliphatic carbocycles. The molecule has 32 heavy (non-hydrogen) atoms. The Morgan fingerprint density at radius 2 is 1.97 bits per heavy atom. The molecule has 2 aromatic rings. The highest BCUT2D eigenvalue weighted by Crippen LogP contribution is 2.34. The molecule has 168 valence electrons. The fourth-order valence-electron chi connectivity index (χ4n) is 4.65. The largest absolute Gasteiger partial charge is 0.485 e. The molecule has 2 fully saturated rings. The van der Waals surface area contributed by atoms with E-state index in [2.05, 4.69) is 4.90 Å². The summed E-state index contributed by atoms with van der Waals surface area (Å²) in [5.74, 6) is 0.930. The van der Waals surface area contributed by atoms with Gasteiger partial charge in [-0.3, -0.25) is 19.3 Å². The number of Topliss-reactive ketones (excluding diaryl/α,β-unsaturated/α-hetero) is 2. The van der Waals surface area contributed by atoms with Gasteiger partial charge in [0.15, 0.2) is 5.78 Å². The average molecular weight is 438 g/mol. The molecule has 0 bridgehead atoms. The zero-order chi connectivity index (χ0) is 22.1. The topological polar surface area (TPSA) is 89.3 Å². The molecule has 5 rings (SSSR count). The number of hydrogen-bond acceptors (Lipinski definition) is 7. The van der Waals surface area contributed by atoms with Gasteiger partial charge in [-0.2, -0.15) is 0 Å². The quantitative estimate of drug-likeness (QED) is 0.640. The van der Waals surface area contributed by atoms with Gasteiger partial charge in [-0.05, 0) is 24.6 Å². The van der Waals surface area contributed by atoms with Crippen molar-refractivity contribution in [3.8, 4) is 5.75 Å². The Morgan fingerprint density at radius 3 is 2.78 bits per heavy atom. The van der Waals surface area contributed by atoms with E-state index in [0.29, 0.717) is 36.5 Å². The summed E-state index contributed by atoms with van der Waals surface area (Å²) in [4.78, 5) is 40.8. The first-order valence-corrected chi connectivity index (χ1v) is 11.0. The third kappa shape index (κ3) is 4.20. The number of nitrogens with zero attached hydrogens (tertiary/aromatic N) is 2. The third-order valence-electron chi connectivity index (χ3n) is 6.36. The van der Waals surface area contributed by atoms with Gasteiger partial charge in [0, 0.05) is 42.7 Å². The van der Waals surface area contributed by atoms with E-state index in [0.717, 1.165) is 44.0 Å². The molecule has 1 saturated heterocycles. The molecule has 1 aromatic heterocycles. The molecule has 2 aliphatic heterocycles. The van der Waals surface area contributed by atoms with Crippen LogP contribution in [0.25, 0.3) is 0 Å². The maximum Gasteiger partial charge on any atom is 0.255 e. The van der Waals surface area contributed by atoms with E-state index in [1.807, 2.05) is 12.1 Å². The second-order valence-electron chi connectivity index (χ2n) is 8.55. The summed E-state index contributed by atoms with van der Waals surface area (Å²) in [5.41, 5.74) is 2.43. The first kappa shape index (κ1) is 20.9. The minimum absolute atomic E-state index is 0.0501. The van der Waals surface area contributed by atoms with Crippen LogP contribution in [0.3, 0.4) is 0 Å². The highest BCUT2D eigenvalue weighted by molar-refractivity contribution is 6.07. The number of carbonyl (C=O) groups is 3. The standard InChI is InChI=1S/C24H26N2O6/c27-17-4-5-21(22(28)11-17)26-13-20-19(24(26)29)2-1-3-23(20)32-15-18-10-16(14-31-18)12-25-6-8-30-9-7-25/h1-3,10,14,21H,4-9,11-13,15H2. The molecule has 8 nitrogen and oxygen atoms in total. The van der Waals surface area contributed by atoms with E-state index in [1.54, 1.807) is 23.3 Å². The smallest absolute Gasteiger partial charge is 0.255 e. The second-order valence-corrected chi connectivity index (χ2v) is 8.55. The Bertz CT molecular complexity index is 1040. The van der Waals surface area contributed by atoms with E-state index in [-0.39, 0.29) is 30.5 Å². The number of benzene rings is 1. The molecule has 3 aliphatic rings. The van der Waals surface area contributed by atoms with Crippen molar-refractivity contribution in [1.29, 1.82) is 0 Å². The van der Waals surface area contributed by atoms with Crippen molar-refractivity contribution in [2.24, 2.45) is 0 Å². The fourth-order valence-corrected chi connectivity index (χ4v) is 4.65. The van der Waals surface area contributed by atoms with Crippen LogP contribution in [0.1, 0.15) is 46.5 Å². The van der Waals surface area contributed by atoms with Crippen molar-refractivity contribution in [2.45, 2.75) is 45.0 Å². The lowest BCUT2D eigenvalue weighted by Gasteiger charge is -2.29. The molecule has 1 saturated carbocycles. The van der Waals surface area contributed by atoms with Crippen molar-refractivity contribution in [1.82, 2.24) is 9.80 Å². The minimum Gasteiger partial charge on any atom is -0.485 e. The number of fused-ring (bicyclic) bond motifs is 1. The lowest BCUT2D eigenvalue weighted by Crippen LogP contribution is -2.44. The van der Waals surface area contributed by atoms with Gasteiger partial charge in [-0.1, -0.05) is 6.07 Å². The molecule has 1 unspecified atom stereocenters. The summed E-state index contributed by atoms with van der Waals surface area (Å²) in [6.07, 6.45) is 2.40. The highest BCUT2D eigenvalue weighted by Gasteiger charge is 2.40. The maximum atomic E-state index is 12.9. The van der Waals surface area contributed by atoms with Crippen LogP contribution in [0.4, 0.5) is 0 Å². The number of amides is 1. The van der Waals surface area contributed by atoms with Crippen molar-refractivity contribution >= 4 is 17.5 Å². The number of furan rings is 1. The average Bonchev–Trinajstić information content (AvgIpc) is 3.38. The number of ether oxygens (including phenoxy) is 2. The molecule has 0 spiro atoms. The van der Waals surface area contributed by atoms with Crippen LogP contribution >= 0.6 is 0 Å². The SMILES string of the molecule is O=C1CCC(N2Cc3c(OCc4cc(CN5CCOCC5)co4)cccc3C2=O)C(=O)C1. The predicted molar refractivity (Wildman–Crippen MR) is 113 cm³/mol. The Kier molecular flexibility index (Phi) is 5.80. The molecule has 1 amide bonds. The predicted octanol–water partition coefficient (Wildman–Crippen LogP) is 2.34. The Hall–Kier alpha value is -2.97. The Labute approximate surface area is 186 Å². The summed E-state index contributed by atoms with van der Waals surface area (Å²) in [5, 5.41) is 0. The maximum absolute atomic E-state index is 12.9. The lowest BCUT2D eigenvalue weighted by atomic mass is 9.92. The van der Waals surface area contributed by atoms with Gasteiger partial charge in [0.05, 0.1) is 38.5 Å². The second kappa shape index (κ2) is 8.88. The van der Waals surface area contributed by atoms with Crippen molar-refractivity contribution in [2.75, 3.05) is 26.3 Å². The number of hydrogen-bond donors (Lipinski definition) is 0. The lowest BCUT2D eigenvalue weighted by molar-refractivity contribution is -0.133. The van der Waals surface area contributed by atoms with Crippen LogP contribution in [0.5, 0.6) is 5.75 Å². The first-order chi connectivity index (χ1) is 15.6. The summed E-state index contributed by atoms with van der Waals surface area (Å²) >= 11 is 0. The molecule has 1 atom stereocenters. The molecule has 3 heterocycles. The molecule has 0 radical (unpaired) electrons. The van der Waals surface area contributed by atoms with E-state index >= 15 is 0 Å². The van der Waals surface area contributed by atoms with Gasteiger partial charge in [0.25, 0.3) is 5.91 Å². The van der Waals surface area contributed by atoms with Gasteiger partial charge < -0.3 is 18.8 Å². The van der Waals surface area contributed by atoms with Crippen molar-refractivity contribution in [3.05, 3.63) is 53.0 Å². The first-order valence-electron chi connectivity index (χ1n) is 11.0. The van der Waals surface area contributed by atoms with Crippen LogP contribution in [0.2, 0.25) is 0 Å². The zero-order valence-electron chi connectivity index (χ0n) is 17.9. The van der Waals surface area contributed by atoms with Gasteiger partial charge >= 0.3 is 0 Å². The van der Waals surface area contributed by atoms with Gasteiger partial charge in [-0.25, -0.2) is 0 Å². The molecule has 1 aromatic carbocycles. The Morgan fingerprint density at radius 1 is 1.12 bits per heavy atom. The third-order valence-corrected chi connectivity index (χ3v) is 6.36. The highest BCUT2D eigenvalue weighted by atomic mass is 16.5. The van der Waals surface area contributed by atoms with E-state index in [9.17, 15) is 14.4 Å². The van der Waals surface area contributed by atoms with Crippen LogP contribution in [0.15, 0.2) is 34.9 Å². The monoisotopic (exact) mass is 438 g/mol. The van der Waals surface area contributed by atoms with Gasteiger partial charge in [0.2, 0.25) is 0 Å². The van der Waals surface area contributed by atoms with E-state index < -0.39 is 6.04 Å². The van der Waals surface area contributed by atoms with E-state index in [4.69, 9.17) is 13.9 Å². The van der Waals surface area contributed by atoms with Gasteiger partial charge in [-0.15, -0.1) is 0 Å². The fraction of sp³-hybridized carbons (Fsp3) is 0.458. The van der Waals surface area contributed by atoms with Crippen LogP contribution in [-0.2, 0) is 34.0 Å². The summed E-state index contributed by atoms with van der Waals surface area (Å²) in [6, 6.07) is 6.84. The number of rotatable bonds is 6. The molecular formula is C24H26N2O6. The Balaban J connectivity index is 1.24. The number of morpholine rings is 1. The van der Waals surface area contributed by atoms with Gasteiger partial charge in [0.1, 0.15) is 23.9 Å². The van der Waals surface area contributed by atoms with Crippen LogP contribution < -0.4 is 4.74 Å². The number of ketones is 2. The normalized spacial score (nSPS) is 21.8. The number of carbonyl (C=O) groups excluding carboxylic acids is 3. The molecule has 0 N–H and O–H groups in total. The molecular weight excluding hydrogens is 412 g/mol. The van der Waals surface area contributed by atoms with Crippen LogP contribution in [0, 0.1) is 0 Å². The van der Waals surface area contributed by atoms with Crippen molar-refractivity contribution < 1.29 is 28.3 Å². The summed E-state index contributed by atoms with van der Waals surface area (Å²) < 4.78 is 17.1. The summed E-state index contributed by atoms with van der Waals surface area (Å²) in [6.45, 7) is 4.72.